The molecule has 6 heteroatoms. The molecule has 1 aliphatic rings. The molecule has 1 aliphatic heterocycles. The lowest BCUT2D eigenvalue weighted by Crippen LogP contribution is -2.42. The summed E-state index contributed by atoms with van der Waals surface area (Å²) in [4.78, 5) is 10.7. The van der Waals surface area contributed by atoms with Gasteiger partial charge in [0.1, 0.15) is 11.5 Å². The molecule has 0 spiro atoms. The van der Waals surface area contributed by atoms with Crippen molar-refractivity contribution in [1.82, 2.24) is 16.0 Å². The fourth-order valence-corrected chi connectivity index (χ4v) is 0.802. The van der Waals surface area contributed by atoms with Crippen molar-refractivity contribution >= 4 is 23.2 Å². The van der Waals surface area contributed by atoms with Gasteiger partial charge in [0.25, 0.3) is 0 Å². The van der Waals surface area contributed by atoms with Gasteiger partial charge in [-0.3, -0.25) is 10.2 Å². The highest BCUT2D eigenvalue weighted by molar-refractivity contribution is 7.80. The van der Waals surface area contributed by atoms with E-state index in [1.807, 2.05) is 0 Å². The van der Waals surface area contributed by atoms with Crippen molar-refractivity contribution in [2.24, 2.45) is 0 Å². The van der Waals surface area contributed by atoms with E-state index in [1.165, 1.54) is 5.12 Å². The summed E-state index contributed by atoms with van der Waals surface area (Å²) in [7, 11) is 0. The molecule has 0 atom stereocenters. The highest BCUT2D eigenvalue weighted by Gasteiger charge is 2.16. The smallest absolute Gasteiger partial charge is 0.321 e. The topological polar surface area (TPSA) is 64.6 Å². The molecule has 0 aromatic carbocycles. The van der Waals surface area contributed by atoms with Gasteiger partial charge in [-0.2, -0.15) is 0 Å². The molecule has 1 rings (SSSR count). The lowest BCUT2D eigenvalue weighted by Gasteiger charge is -2.10. The normalized spacial score (nSPS) is 19.0. The van der Waals surface area contributed by atoms with Crippen LogP contribution in [-0.4, -0.2) is 34.3 Å². The van der Waals surface area contributed by atoms with E-state index in [0.29, 0.717) is 11.5 Å². The molecule has 0 amide bonds. The van der Waals surface area contributed by atoms with Gasteiger partial charge in [-0.25, -0.2) is 5.43 Å². The Morgan fingerprint density at radius 3 is 3.00 bits per heavy atom. The Bertz CT molecular complexity index is 172. The Kier molecular flexibility index (Phi) is 2.15. The van der Waals surface area contributed by atoms with Crippen LogP contribution in [0.4, 0.5) is 0 Å². The van der Waals surface area contributed by atoms with Crippen molar-refractivity contribution in [3.8, 4) is 0 Å². The summed E-state index contributed by atoms with van der Waals surface area (Å²) in [6, 6.07) is 0. The number of rotatable bonds is 2. The number of hydrogen-bond donors (Lipinski definition) is 3. The molecule has 56 valence electrons. The number of nitrogens with one attached hydrogen (secondary N) is 2. The Morgan fingerprint density at radius 2 is 2.60 bits per heavy atom. The van der Waals surface area contributed by atoms with Crippen LogP contribution in [0, 0.1) is 0 Å². The van der Waals surface area contributed by atoms with E-state index in [1.54, 1.807) is 0 Å². The summed E-state index contributed by atoms with van der Waals surface area (Å²) in [5.41, 5.74) is 5.40. The van der Waals surface area contributed by atoms with Crippen LogP contribution in [0.2, 0.25) is 0 Å². The largest absolute Gasteiger partial charge is 0.480 e. The fourth-order valence-electron chi connectivity index (χ4n) is 0.628. The fraction of sp³-hybridized carbons (Fsp3) is 0.500. The summed E-state index contributed by atoms with van der Waals surface area (Å²) in [5, 5.41) is 9.63. The van der Waals surface area contributed by atoms with E-state index >= 15 is 0 Å². The van der Waals surface area contributed by atoms with Gasteiger partial charge in [0.2, 0.25) is 0 Å². The number of carbonyl (C=O) groups is 1. The first-order valence-electron chi connectivity index (χ1n) is 2.71. The monoisotopic (exact) mass is 161 g/mol. The first kappa shape index (κ1) is 7.39. The van der Waals surface area contributed by atoms with Crippen LogP contribution in [0.3, 0.4) is 0 Å². The second kappa shape index (κ2) is 2.91. The third-order valence-corrected chi connectivity index (χ3v) is 1.22. The van der Waals surface area contributed by atoms with Gasteiger partial charge in [0.05, 0.1) is 6.54 Å². The standard InChI is InChI=1S/C4H7N3O2S/c8-4(9)2-7-5-1-3(10)6-7/h5H,1-2H2,(H,6,10)(H,8,9). The number of aliphatic carboxylic acids is 1. The van der Waals surface area contributed by atoms with Crippen LogP contribution in [0.15, 0.2) is 0 Å². The number of hydrazine groups is 2. The first-order chi connectivity index (χ1) is 4.68. The molecule has 1 saturated heterocycles. The van der Waals surface area contributed by atoms with Gasteiger partial charge in [0, 0.05) is 0 Å². The summed E-state index contributed by atoms with van der Waals surface area (Å²) in [6.07, 6.45) is 0. The lowest BCUT2D eigenvalue weighted by atomic mass is 10.7. The highest BCUT2D eigenvalue weighted by Crippen LogP contribution is 1.85. The van der Waals surface area contributed by atoms with Crippen LogP contribution in [0.5, 0.6) is 0 Å². The van der Waals surface area contributed by atoms with Crippen LogP contribution >= 0.6 is 12.2 Å². The van der Waals surface area contributed by atoms with E-state index in [0.717, 1.165) is 0 Å². The van der Waals surface area contributed by atoms with E-state index in [4.69, 9.17) is 17.3 Å². The zero-order valence-corrected chi connectivity index (χ0v) is 5.94. The number of thiocarbonyl (C=S) groups is 1. The van der Waals surface area contributed by atoms with Gasteiger partial charge in [-0.1, -0.05) is 12.2 Å². The molecule has 0 bridgehead atoms. The minimum Gasteiger partial charge on any atom is -0.480 e. The van der Waals surface area contributed by atoms with Gasteiger partial charge in [-0.15, -0.1) is 5.12 Å². The molecule has 0 unspecified atom stereocenters. The summed E-state index contributed by atoms with van der Waals surface area (Å²) in [5.74, 6) is -0.898. The maximum Gasteiger partial charge on any atom is 0.321 e. The van der Waals surface area contributed by atoms with Crippen LogP contribution < -0.4 is 10.9 Å². The van der Waals surface area contributed by atoms with Crippen molar-refractivity contribution < 1.29 is 9.90 Å². The molecule has 0 radical (unpaired) electrons. The summed E-state index contributed by atoms with van der Waals surface area (Å²) in [6.45, 7) is 0.419. The van der Waals surface area contributed by atoms with Crippen molar-refractivity contribution in [3.05, 3.63) is 0 Å². The van der Waals surface area contributed by atoms with E-state index in [9.17, 15) is 4.79 Å². The van der Waals surface area contributed by atoms with Gasteiger partial charge in [-0.05, 0) is 0 Å². The second-order valence-corrected chi connectivity index (χ2v) is 2.34. The maximum absolute atomic E-state index is 10.1. The molecule has 3 N–H and O–H groups in total. The van der Waals surface area contributed by atoms with Crippen molar-refractivity contribution in [2.75, 3.05) is 13.1 Å². The number of hydrogen-bond acceptors (Lipinski definition) is 4. The molecular formula is C4H7N3O2S. The van der Waals surface area contributed by atoms with Crippen LogP contribution in [0.1, 0.15) is 0 Å². The Labute approximate surface area is 62.9 Å². The summed E-state index contributed by atoms with van der Waals surface area (Å²) < 4.78 is 0. The average Bonchev–Trinajstić information content (AvgIpc) is 2.13. The number of nitrogens with zero attached hydrogens (tertiary/aromatic N) is 1. The third-order valence-electron chi connectivity index (χ3n) is 0.984. The number of carboxylic acid groups (broad SMARTS) is 1. The Morgan fingerprint density at radius 1 is 1.90 bits per heavy atom. The van der Waals surface area contributed by atoms with Crippen molar-refractivity contribution in [1.29, 1.82) is 0 Å². The van der Waals surface area contributed by atoms with Gasteiger partial charge >= 0.3 is 5.97 Å². The van der Waals surface area contributed by atoms with E-state index in [2.05, 4.69) is 10.9 Å². The lowest BCUT2D eigenvalue weighted by molar-refractivity contribution is -0.139. The third kappa shape index (κ3) is 1.90. The molecule has 0 aromatic heterocycles. The minimum atomic E-state index is -0.898. The molecule has 0 aliphatic carbocycles. The zero-order valence-electron chi connectivity index (χ0n) is 5.13. The molecule has 1 fully saturated rings. The molecule has 0 aromatic rings. The second-order valence-electron chi connectivity index (χ2n) is 1.85. The van der Waals surface area contributed by atoms with Crippen molar-refractivity contribution in [2.45, 2.75) is 0 Å². The average molecular weight is 161 g/mol. The Balaban J connectivity index is 2.31. The SMILES string of the molecule is O=C(O)CN1NCC(=S)N1. The molecule has 1 heterocycles. The van der Waals surface area contributed by atoms with Crippen molar-refractivity contribution in [3.63, 3.8) is 0 Å². The molecule has 0 saturated carbocycles. The zero-order chi connectivity index (χ0) is 7.56. The quantitative estimate of drug-likeness (QED) is 0.439. The number of carboxylic acids is 1. The predicted octanol–water partition coefficient (Wildman–Crippen LogP) is -1.28. The Hall–Kier alpha value is -0.720. The van der Waals surface area contributed by atoms with Crippen LogP contribution in [-0.2, 0) is 4.79 Å². The van der Waals surface area contributed by atoms with E-state index < -0.39 is 5.97 Å². The first-order valence-corrected chi connectivity index (χ1v) is 3.11. The summed E-state index contributed by atoms with van der Waals surface area (Å²) >= 11 is 4.74. The van der Waals surface area contributed by atoms with E-state index in [-0.39, 0.29) is 6.54 Å². The molecule has 5 nitrogen and oxygen atoms in total. The van der Waals surface area contributed by atoms with Gasteiger partial charge < -0.3 is 5.11 Å². The molecule has 10 heavy (non-hydrogen) atoms. The highest BCUT2D eigenvalue weighted by atomic mass is 32.1. The van der Waals surface area contributed by atoms with Gasteiger partial charge in [0.15, 0.2) is 0 Å². The molecular weight excluding hydrogens is 154 g/mol. The minimum absolute atomic E-state index is 0.0971. The maximum atomic E-state index is 10.1. The predicted molar refractivity (Wildman–Crippen MR) is 38.1 cm³/mol. The van der Waals surface area contributed by atoms with Crippen LogP contribution in [0.25, 0.3) is 0 Å².